The third kappa shape index (κ3) is 3.82. The molecule has 7 atom stereocenters. The molecule has 3 aliphatic heterocycles. The van der Waals surface area contributed by atoms with Crippen LogP contribution in [0.2, 0.25) is 0 Å². The molecule has 2 amide bonds. The second kappa shape index (κ2) is 9.78. The lowest BCUT2D eigenvalue weighted by atomic mass is 9.62. The average molecular weight is 560 g/mol. The molecule has 3 unspecified atom stereocenters. The molecule has 3 fully saturated rings. The second-order valence-electron chi connectivity index (χ2n) is 11.5. The van der Waals surface area contributed by atoms with Crippen molar-refractivity contribution in [2.24, 2.45) is 17.8 Å². The molecule has 11 heteroatoms. The standard InChI is InChI=1S/C30H33N5O6/c1-4-14-33(17-34-21-13-9-8-12-20(21)31-32-34)27(38)25-30-15-18(2)29(3,41-30)24(28(39)40)23(30)26(37)35(25)22(16-36)19-10-6-5-7-11-19/h4-13,18,22-25,36H,1,14-17H2,2-3H3,(H,39,40)/t18?,22-,23+,24+,25?,29-,30?/m1/s1. The first-order valence-electron chi connectivity index (χ1n) is 13.8. The maximum absolute atomic E-state index is 14.7. The Bertz CT molecular complexity index is 1530. The van der Waals surface area contributed by atoms with Crippen molar-refractivity contribution in [2.75, 3.05) is 13.2 Å². The van der Waals surface area contributed by atoms with Gasteiger partial charge in [0.25, 0.3) is 0 Å². The van der Waals surface area contributed by atoms with Crippen molar-refractivity contribution >= 4 is 28.8 Å². The van der Waals surface area contributed by atoms with E-state index in [2.05, 4.69) is 16.9 Å². The number of likely N-dealkylation sites (tertiary alicyclic amines) is 1. The fourth-order valence-corrected chi connectivity index (χ4v) is 7.43. The molecule has 6 rings (SSSR count). The normalized spacial score (nSPS) is 30.9. The second-order valence-corrected chi connectivity index (χ2v) is 11.5. The highest BCUT2D eigenvalue weighted by atomic mass is 16.5. The summed E-state index contributed by atoms with van der Waals surface area (Å²) in [6.07, 6.45) is 1.92. The average Bonchev–Trinajstić information content (AvgIpc) is 3.63. The minimum atomic E-state index is -1.38. The Kier molecular flexibility index (Phi) is 6.46. The van der Waals surface area contributed by atoms with Crippen LogP contribution in [0.1, 0.15) is 31.9 Å². The van der Waals surface area contributed by atoms with Gasteiger partial charge in [0, 0.05) is 6.54 Å². The number of carbonyl (C=O) groups is 3. The first-order chi connectivity index (χ1) is 19.7. The first-order valence-corrected chi connectivity index (χ1v) is 13.8. The number of carboxylic acid groups (broad SMARTS) is 1. The number of rotatable bonds is 9. The van der Waals surface area contributed by atoms with Crippen molar-refractivity contribution in [3.63, 3.8) is 0 Å². The number of aromatic nitrogens is 3. The maximum Gasteiger partial charge on any atom is 0.310 e. The smallest absolute Gasteiger partial charge is 0.310 e. The number of ether oxygens (including phenoxy) is 1. The largest absolute Gasteiger partial charge is 0.481 e. The van der Waals surface area contributed by atoms with Crippen LogP contribution in [0, 0.1) is 17.8 Å². The van der Waals surface area contributed by atoms with Gasteiger partial charge in [-0.15, -0.1) is 11.7 Å². The molecule has 0 radical (unpaired) electrons. The molecule has 1 aromatic heterocycles. The first kappa shape index (κ1) is 27.1. The lowest BCUT2D eigenvalue weighted by Gasteiger charge is -2.39. The van der Waals surface area contributed by atoms with Crippen molar-refractivity contribution in [3.05, 3.63) is 72.8 Å². The highest BCUT2D eigenvalue weighted by molar-refractivity contribution is 5.98. The number of fused-ring (bicyclic) bond motifs is 2. The Morgan fingerprint density at radius 1 is 1.22 bits per heavy atom. The molecule has 41 heavy (non-hydrogen) atoms. The fourth-order valence-electron chi connectivity index (χ4n) is 7.43. The zero-order valence-corrected chi connectivity index (χ0v) is 23.0. The van der Waals surface area contributed by atoms with Gasteiger partial charge in [0.05, 0.1) is 29.7 Å². The van der Waals surface area contributed by atoms with E-state index in [-0.39, 0.29) is 19.1 Å². The van der Waals surface area contributed by atoms with Gasteiger partial charge >= 0.3 is 5.97 Å². The van der Waals surface area contributed by atoms with E-state index >= 15 is 0 Å². The van der Waals surface area contributed by atoms with Crippen molar-refractivity contribution in [2.45, 2.75) is 50.2 Å². The lowest BCUT2D eigenvalue weighted by molar-refractivity contribution is -0.160. The quantitative estimate of drug-likeness (QED) is 0.381. The summed E-state index contributed by atoms with van der Waals surface area (Å²) < 4.78 is 8.23. The Balaban J connectivity index is 1.48. The molecule has 2 N–H and O–H groups in total. The SMILES string of the molecule is C=CCN(Cn1nnc2ccccc21)C(=O)C1N([C@H](CO)c2ccccc2)C(=O)[C@@H]2[C@@H](C(=O)O)[C@]3(C)OC12CC3C. The van der Waals surface area contributed by atoms with Gasteiger partial charge in [0.1, 0.15) is 29.7 Å². The van der Waals surface area contributed by atoms with Gasteiger partial charge in [0.2, 0.25) is 11.8 Å². The Morgan fingerprint density at radius 2 is 1.93 bits per heavy atom. The van der Waals surface area contributed by atoms with Crippen LogP contribution in [0.5, 0.6) is 0 Å². The highest BCUT2D eigenvalue weighted by Crippen LogP contribution is 2.66. The summed E-state index contributed by atoms with van der Waals surface area (Å²) in [5.41, 5.74) is -0.465. The van der Waals surface area contributed by atoms with Crippen LogP contribution in [0.3, 0.4) is 0 Å². The molecule has 214 valence electrons. The third-order valence-corrected chi connectivity index (χ3v) is 9.33. The van der Waals surface area contributed by atoms with Crippen molar-refractivity contribution in [3.8, 4) is 0 Å². The number of aliphatic hydroxyl groups is 1. The van der Waals surface area contributed by atoms with Crippen LogP contribution >= 0.6 is 0 Å². The van der Waals surface area contributed by atoms with Crippen LogP contribution in [0.15, 0.2) is 67.3 Å². The molecule has 4 heterocycles. The van der Waals surface area contributed by atoms with Gasteiger partial charge in [-0.3, -0.25) is 14.4 Å². The molecule has 0 aliphatic carbocycles. The maximum atomic E-state index is 14.7. The van der Waals surface area contributed by atoms with Crippen molar-refractivity contribution in [1.82, 2.24) is 24.8 Å². The van der Waals surface area contributed by atoms with E-state index in [1.165, 1.54) is 9.80 Å². The van der Waals surface area contributed by atoms with Gasteiger partial charge in [-0.1, -0.05) is 60.7 Å². The molecule has 2 aromatic carbocycles. The molecule has 2 bridgehead atoms. The summed E-state index contributed by atoms with van der Waals surface area (Å²) in [4.78, 5) is 44.6. The monoisotopic (exact) mass is 559 g/mol. The number of para-hydroxylation sites is 1. The van der Waals surface area contributed by atoms with Crippen LogP contribution in [0.25, 0.3) is 11.0 Å². The number of hydrogen-bond donors (Lipinski definition) is 2. The summed E-state index contributed by atoms with van der Waals surface area (Å²) in [5, 5.41) is 29.4. The molecule has 3 aliphatic rings. The fraction of sp³-hybridized carbons (Fsp3) is 0.433. The number of hydrogen-bond acceptors (Lipinski definition) is 7. The molecular formula is C30H33N5O6. The summed E-state index contributed by atoms with van der Waals surface area (Å²) >= 11 is 0. The molecule has 1 spiro atoms. The van der Waals surface area contributed by atoms with Gasteiger partial charge < -0.3 is 24.7 Å². The summed E-state index contributed by atoms with van der Waals surface area (Å²) in [7, 11) is 0. The lowest BCUT2D eigenvalue weighted by Crippen LogP contribution is -2.57. The number of aliphatic hydroxyl groups excluding tert-OH is 1. The van der Waals surface area contributed by atoms with E-state index in [0.717, 1.165) is 5.52 Å². The molecular weight excluding hydrogens is 526 g/mol. The van der Waals surface area contributed by atoms with Gasteiger partial charge in [-0.25, -0.2) is 4.68 Å². The molecule has 3 aromatic rings. The van der Waals surface area contributed by atoms with E-state index in [1.807, 2.05) is 37.3 Å². The molecule has 0 saturated carbocycles. The Hall–Kier alpha value is -4.09. The number of benzene rings is 2. The Morgan fingerprint density at radius 3 is 2.61 bits per heavy atom. The minimum Gasteiger partial charge on any atom is -0.481 e. The number of carboxylic acids is 1. The van der Waals surface area contributed by atoms with Crippen molar-refractivity contribution < 1.29 is 29.3 Å². The minimum absolute atomic E-state index is 0.0228. The Labute approximate surface area is 237 Å². The zero-order chi connectivity index (χ0) is 29.1. The number of carbonyl (C=O) groups excluding carboxylic acids is 2. The van der Waals surface area contributed by atoms with E-state index in [4.69, 9.17) is 4.74 Å². The summed E-state index contributed by atoms with van der Waals surface area (Å²) in [5.74, 6) is -4.51. The zero-order valence-electron chi connectivity index (χ0n) is 23.0. The van der Waals surface area contributed by atoms with Crippen molar-refractivity contribution in [1.29, 1.82) is 0 Å². The van der Waals surface area contributed by atoms with Gasteiger partial charge in [-0.05, 0) is 37.0 Å². The third-order valence-electron chi connectivity index (χ3n) is 9.33. The highest BCUT2D eigenvalue weighted by Gasteiger charge is 2.80. The summed E-state index contributed by atoms with van der Waals surface area (Å²) in [6, 6.07) is 14.3. The van der Waals surface area contributed by atoms with Crippen LogP contribution in [-0.2, 0) is 25.8 Å². The predicted molar refractivity (Wildman–Crippen MR) is 147 cm³/mol. The molecule has 3 saturated heterocycles. The van der Waals surface area contributed by atoms with Gasteiger partial charge in [-0.2, -0.15) is 0 Å². The summed E-state index contributed by atoms with van der Waals surface area (Å²) in [6.45, 7) is 7.17. The molecule has 11 nitrogen and oxygen atoms in total. The van der Waals surface area contributed by atoms with E-state index < -0.39 is 59.5 Å². The number of aliphatic carboxylic acids is 1. The van der Waals surface area contributed by atoms with Crippen LogP contribution < -0.4 is 0 Å². The topological polar surface area (TPSA) is 138 Å². The van der Waals surface area contributed by atoms with E-state index in [0.29, 0.717) is 17.5 Å². The number of nitrogens with zero attached hydrogens (tertiary/aromatic N) is 5. The van der Waals surface area contributed by atoms with Gasteiger partial charge in [0.15, 0.2) is 0 Å². The predicted octanol–water partition coefficient (Wildman–Crippen LogP) is 2.23. The van der Waals surface area contributed by atoms with Crippen LogP contribution in [0.4, 0.5) is 0 Å². The number of amides is 2. The van der Waals surface area contributed by atoms with E-state index in [1.54, 1.807) is 41.9 Å². The van der Waals surface area contributed by atoms with E-state index in [9.17, 15) is 24.6 Å². The van der Waals surface area contributed by atoms with Crippen LogP contribution in [-0.4, -0.2) is 83.2 Å².